The Balaban J connectivity index is 1.63. The second kappa shape index (κ2) is 7.62. The standard InChI is InChI=1S/C17H17F2N2O9P/c1-8-5-21(16(25)20-14(8)24)15-12(22)13(23)17(19,29-15)7-28-31(26)27-6-9-4-10(18)2-3-11(9)30-31/h2-5,12-13,15,22-23H,6-7H2,1H3,(H,20,24,25)/t12-,13+,15-,17-,31?/m1/s1/i7D2. The van der Waals surface area contributed by atoms with Crippen molar-refractivity contribution in [2.24, 2.45) is 0 Å². The van der Waals surface area contributed by atoms with Gasteiger partial charge in [0.2, 0.25) is 0 Å². The first kappa shape index (κ1) is 19.3. The van der Waals surface area contributed by atoms with Gasteiger partial charge < -0.3 is 19.5 Å². The molecular weight excluding hydrogens is 445 g/mol. The van der Waals surface area contributed by atoms with E-state index in [1.807, 2.05) is 4.98 Å². The predicted octanol–water partition coefficient (Wildman–Crippen LogP) is 0.634. The minimum atomic E-state index is -4.87. The fourth-order valence-electron chi connectivity index (χ4n) is 2.98. The van der Waals surface area contributed by atoms with Crippen molar-refractivity contribution in [1.29, 1.82) is 0 Å². The third kappa shape index (κ3) is 3.95. The number of fused-ring (bicyclic) bond motifs is 1. The zero-order valence-corrected chi connectivity index (χ0v) is 16.5. The predicted molar refractivity (Wildman–Crippen MR) is 97.4 cm³/mol. The third-order valence-corrected chi connectivity index (χ3v) is 5.80. The molecule has 3 N–H and O–H groups in total. The van der Waals surface area contributed by atoms with Gasteiger partial charge in [0.25, 0.3) is 11.4 Å². The maximum absolute atomic E-state index is 15.7. The van der Waals surface area contributed by atoms with Crippen molar-refractivity contribution in [2.75, 3.05) is 6.56 Å². The van der Waals surface area contributed by atoms with Gasteiger partial charge in [-0.25, -0.2) is 18.1 Å². The van der Waals surface area contributed by atoms with Crippen molar-refractivity contribution in [3.63, 3.8) is 0 Å². The van der Waals surface area contributed by atoms with Crippen molar-refractivity contribution < 1.29 is 44.6 Å². The Labute approximate surface area is 175 Å². The summed E-state index contributed by atoms with van der Waals surface area (Å²) in [4.78, 5) is 25.5. The monoisotopic (exact) mass is 464 g/mol. The van der Waals surface area contributed by atoms with E-state index < -0.39 is 62.3 Å². The lowest BCUT2D eigenvalue weighted by Gasteiger charge is -2.28. The number of aromatic amines is 1. The molecule has 168 valence electrons. The molecule has 14 heteroatoms. The van der Waals surface area contributed by atoms with Gasteiger partial charge in [0, 0.05) is 17.3 Å². The van der Waals surface area contributed by atoms with Crippen molar-refractivity contribution >= 4 is 7.82 Å². The molecular formula is C17H17F2N2O9P. The molecule has 0 amide bonds. The van der Waals surface area contributed by atoms with Gasteiger partial charge in [0.05, 0.1) is 9.35 Å². The van der Waals surface area contributed by atoms with Crippen LogP contribution in [0.2, 0.25) is 0 Å². The zero-order chi connectivity index (χ0) is 24.3. The van der Waals surface area contributed by atoms with Crippen molar-refractivity contribution in [3.05, 3.63) is 62.2 Å². The molecule has 1 aromatic heterocycles. The summed E-state index contributed by atoms with van der Waals surface area (Å²) in [7, 11) is -4.87. The highest BCUT2D eigenvalue weighted by Gasteiger charge is 2.57. The van der Waals surface area contributed by atoms with Gasteiger partial charge in [-0.15, -0.1) is 0 Å². The lowest BCUT2D eigenvalue weighted by Crippen LogP contribution is -2.43. The Morgan fingerprint density at radius 3 is 2.94 bits per heavy atom. The molecule has 31 heavy (non-hydrogen) atoms. The van der Waals surface area contributed by atoms with Crippen molar-refractivity contribution in [2.45, 2.75) is 37.8 Å². The first-order valence-corrected chi connectivity index (χ1v) is 10.2. The molecule has 0 spiro atoms. The molecule has 2 aromatic rings. The highest BCUT2D eigenvalue weighted by atomic mass is 31.2. The second-order valence-electron chi connectivity index (χ2n) is 6.82. The van der Waals surface area contributed by atoms with Crippen LogP contribution in [0.1, 0.15) is 20.1 Å². The van der Waals surface area contributed by atoms with Gasteiger partial charge in [-0.1, -0.05) is 0 Å². The van der Waals surface area contributed by atoms with E-state index in [-0.39, 0.29) is 16.9 Å². The van der Waals surface area contributed by atoms with Gasteiger partial charge >= 0.3 is 13.5 Å². The lowest BCUT2D eigenvalue weighted by molar-refractivity contribution is -0.205. The number of aliphatic hydroxyl groups excluding tert-OH is 2. The molecule has 0 bridgehead atoms. The minimum Gasteiger partial charge on any atom is -0.404 e. The number of nitrogens with one attached hydrogen (secondary N) is 1. The average Bonchev–Trinajstić information content (AvgIpc) is 2.96. The van der Waals surface area contributed by atoms with Crippen molar-refractivity contribution in [3.8, 4) is 5.75 Å². The Kier molecular flexibility index (Phi) is 4.74. The number of aryl methyl sites for hydroxylation is 1. The average molecular weight is 464 g/mol. The van der Waals surface area contributed by atoms with Crippen LogP contribution in [0, 0.1) is 12.7 Å². The molecule has 4 rings (SSSR count). The van der Waals surface area contributed by atoms with Crippen LogP contribution in [0.25, 0.3) is 0 Å². The van der Waals surface area contributed by atoms with E-state index in [4.69, 9.17) is 16.5 Å². The molecule has 1 unspecified atom stereocenters. The Morgan fingerprint density at radius 1 is 1.45 bits per heavy atom. The van der Waals surface area contributed by atoms with E-state index in [0.29, 0.717) is 4.57 Å². The number of hydrogen-bond acceptors (Lipinski definition) is 9. The van der Waals surface area contributed by atoms with Crippen LogP contribution in [0.5, 0.6) is 5.75 Å². The van der Waals surface area contributed by atoms with E-state index in [2.05, 4.69) is 4.52 Å². The molecule has 0 saturated carbocycles. The minimum absolute atomic E-state index is 0.0287. The molecule has 3 heterocycles. The van der Waals surface area contributed by atoms with E-state index >= 15 is 4.39 Å². The molecule has 0 radical (unpaired) electrons. The topological polar surface area (TPSA) is 149 Å². The number of aromatic nitrogens is 2. The molecule has 1 fully saturated rings. The summed E-state index contributed by atoms with van der Waals surface area (Å²) in [6.07, 6.45) is -5.94. The number of hydrogen-bond donors (Lipinski definition) is 3. The van der Waals surface area contributed by atoms with Crippen LogP contribution < -0.4 is 15.8 Å². The fourth-order valence-corrected chi connectivity index (χ4v) is 4.08. The summed E-state index contributed by atoms with van der Waals surface area (Å²) < 4.78 is 77.5. The van der Waals surface area contributed by atoms with Crippen LogP contribution in [0.4, 0.5) is 8.78 Å². The van der Waals surface area contributed by atoms with E-state index in [9.17, 15) is 28.8 Å². The number of benzene rings is 1. The number of aliphatic hydroxyl groups is 2. The summed E-state index contributed by atoms with van der Waals surface area (Å²) in [5.74, 6) is -4.70. The van der Waals surface area contributed by atoms with E-state index in [1.165, 1.54) is 6.92 Å². The highest BCUT2D eigenvalue weighted by Crippen LogP contribution is 2.55. The number of ether oxygens (including phenoxy) is 1. The van der Waals surface area contributed by atoms with Crippen LogP contribution >= 0.6 is 7.82 Å². The van der Waals surface area contributed by atoms with Gasteiger partial charge in [-0.3, -0.25) is 23.4 Å². The number of rotatable bonds is 4. The largest absolute Gasteiger partial charge is 0.530 e. The number of phosphoric ester groups is 1. The third-order valence-electron chi connectivity index (χ3n) is 4.62. The number of H-pyrrole nitrogens is 1. The summed E-state index contributed by atoms with van der Waals surface area (Å²) in [6.45, 7) is -3.00. The Morgan fingerprint density at radius 2 is 2.19 bits per heavy atom. The maximum atomic E-state index is 15.7. The van der Waals surface area contributed by atoms with Crippen LogP contribution in [0.3, 0.4) is 0 Å². The van der Waals surface area contributed by atoms with Crippen LogP contribution in [0.15, 0.2) is 34.0 Å². The normalized spacial score (nSPS) is 33.9. The second-order valence-corrected chi connectivity index (χ2v) is 8.34. The summed E-state index contributed by atoms with van der Waals surface area (Å²) in [6, 6.07) is 3.06. The Bertz CT molecular complexity index is 1270. The lowest BCUT2D eigenvalue weighted by atomic mass is 10.1. The highest BCUT2D eigenvalue weighted by molar-refractivity contribution is 7.49. The van der Waals surface area contributed by atoms with E-state index in [1.54, 1.807) is 0 Å². The fraction of sp³-hybridized carbons (Fsp3) is 0.412. The molecule has 1 saturated heterocycles. The number of nitrogens with zero attached hydrogens (tertiary/aromatic N) is 1. The van der Waals surface area contributed by atoms with Gasteiger partial charge in [0.15, 0.2) is 6.23 Å². The van der Waals surface area contributed by atoms with Gasteiger partial charge in [-0.2, -0.15) is 0 Å². The van der Waals surface area contributed by atoms with Crippen LogP contribution in [-0.2, 0) is 25.0 Å². The van der Waals surface area contributed by atoms with Crippen LogP contribution in [-0.4, -0.2) is 44.4 Å². The summed E-state index contributed by atoms with van der Waals surface area (Å²) >= 11 is 0. The first-order chi connectivity index (χ1) is 15.3. The number of halogens is 2. The maximum Gasteiger partial charge on any atom is 0.530 e. The quantitative estimate of drug-likeness (QED) is 0.554. The molecule has 0 aliphatic carbocycles. The van der Waals surface area contributed by atoms with Gasteiger partial charge in [0.1, 0.15) is 30.3 Å². The van der Waals surface area contributed by atoms with Gasteiger partial charge in [-0.05, 0) is 25.1 Å². The summed E-state index contributed by atoms with van der Waals surface area (Å²) in [5.41, 5.74) is -1.80. The smallest absolute Gasteiger partial charge is 0.404 e. The molecule has 2 aliphatic heterocycles. The van der Waals surface area contributed by atoms with E-state index in [0.717, 1.165) is 24.4 Å². The number of alkyl halides is 1. The molecule has 1 aromatic carbocycles. The number of phosphoric acid groups is 1. The molecule has 2 aliphatic rings. The molecule has 5 atom stereocenters. The SMILES string of the molecule is [2H]C([2H])(OP1(=O)OCc2cc(F)ccc2O1)[C@@]1(F)O[C@@H](n2cc(C)c(=O)[nH]c2=O)[C@H](O)[C@@H]1O. The Hall–Kier alpha value is -2.41. The van der Waals surface area contributed by atoms with Crippen molar-refractivity contribution in [1.82, 2.24) is 9.55 Å². The summed E-state index contributed by atoms with van der Waals surface area (Å²) in [5, 5.41) is 20.5. The molecule has 11 nitrogen and oxygen atoms in total. The first-order valence-electron chi connectivity index (χ1n) is 9.75. The zero-order valence-electron chi connectivity index (χ0n) is 17.7.